The highest BCUT2D eigenvalue weighted by Crippen LogP contribution is 2.23. The van der Waals surface area contributed by atoms with Crippen LogP contribution in [0.25, 0.3) is 17.0 Å². The first kappa shape index (κ1) is 12.0. The standard InChI is InChI=1S/C13H9N3OS/c14-7-9(13(15)18)5-11-12(17)6-8-3-1-2-4-10(8)16-11/h1-6,17H,(H2,15,18)/b9-5-. The van der Waals surface area contributed by atoms with E-state index in [1.54, 1.807) is 6.07 Å². The number of pyridine rings is 1. The summed E-state index contributed by atoms with van der Waals surface area (Å²) in [6.45, 7) is 0. The van der Waals surface area contributed by atoms with Crippen LogP contribution in [0.2, 0.25) is 0 Å². The Labute approximate surface area is 109 Å². The molecule has 88 valence electrons. The highest BCUT2D eigenvalue weighted by Gasteiger charge is 2.06. The van der Waals surface area contributed by atoms with Gasteiger partial charge in [0.05, 0.1) is 11.1 Å². The van der Waals surface area contributed by atoms with Crippen molar-refractivity contribution in [3.8, 4) is 11.8 Å². The Kier molecular flexibility index (Phi) is 3.22. The predicted octanol–water partition coefficient (Wildman–Crippen LogP) is 2.13. The van der Waals surface area contributed by atoms with E-state index in [9.17, 15) is 5.11 Å². The predicted molar refractivity (Wildman–Crippen MR) is 73.8 cm³/mol. The number of nitrogens with two attached hydrogens (primary N) is 1. The number of hydrogen-bond acceptors (Lipinski definition) is 4. The quantitative estimate of drug-likeness (QED) is 0.488. The fourth-order valence-corrected chi connectivity index (χ4v) is 1.63. The maximum Gasteiger partial charge on any atom is 0.141 e. The van der Waals surface area contributed by atoms with Crippen LogP contribution in [-0.2, 0) is 0 Å². The molecule has 1 aromatic carbocycles. The number of thiocarbonyl (C=S) groups is 1. The van der Waals surface area contributed by atoms with Crippen LogP contribution in [0.5, 0.6) is 5.75 Å². The van der Waals surface area contributed by atoms with E-state index in [1.807, 2.05) is 30.3 Å². The van der Waals surface area contributed by atoms with Crippen LogP contribution >= 0.6 is 12.2 Å². The van der Waals surface area contributed by atoms with E-state index < -0.39 is 0 Å². The van der Waals surface area contributed by atoms with Crippen molar-refractivity contribution < 1.29 is 5.11 Å². The molecule has 2 rings (SSSR count). The van der Waals surface area contributed by atoms with Crippen molar-refractivity contribution in [1.82, 2.24) is 4.98 Å². The van der Waals surface area contributed by atoms with Gasteiger partial charge >= 0.3 is 0 Å². The number of hydrogen-bond donors (Lipinski definition) is 2. The summed E-state index contributed by atoms with van der Waals surface area (Å²) < 4.78 is 0. The summed E-state index contributed by atoms with van der Waals surface area (Å²) in [5, 5.41) is 19.5. The van der Waals surface area contributed by atoms with Gasteiger partial charge in [0.1, 0.15) is 22.5 Å². The molecule has 0 fully saturated rings. The topological polar surface area (TPSA) is 82.9 Å². The molecule has 3 N–H and O–H groups in total. The van der Waals surface area contributed by atoms with E-state index in [4.69, 9.17) is 23.2 Å². The van der Waals surface area contributed by atoms with Crippen LogP contribution in [0.15, 0.2) is 35.9 Å². The lowest BCUT2D eigenvalue weighted by Crippen LogP contribution is -2.09. The van der Waals surface area contributed by atoms with Crippen molar-refractivity contribution in [3.05, 3.63) is 41.6 Å². The van der Waals surface area contributed by atoms with E-state index in [-0.39, 0.29) is 22.0 Å². The molecule has 0 radical (unpaired) electrons. The number of nitriles is 1. The van der Waals surface area contributed by atoms with Crippen molar-refractivity contribution in [2.24, 2.45) is 5.73 Å². The van der Waals surface area contributed by atoms with Crippen molar-refractivity contribution in [2.45, 2.75) is 0 Å². The van der Waals surface area contributed by atoms with Gasteiger partial charge in [0.25, 0.3) is 0 Å². The van der Waals surface area contributed by atoms with E-state index in [2.05, 4.69) is 4.98 Å². The monoisotopic (exact) mass is 255 g/mol. The average Bonchev–Trinajstić information content (AvgIpc) is 2.35. The van der Waals surface area contributed by atoms with Gasteiger partial charge in [0, 0.05) is 5.39 Å². The molecular weight excluding hydrogens is 246 g/mol. The molecule has 2 aromatic rings. The molecule has 0 saturated heterocycles. The third kappa shape index (κ3) is 2.29. The largest absolute Gasteiger partial charge is 0.506 e. The Hall–Kier alpha value is -2.45. The van der Waals surface area contributed by atoms with Gasteiger partial charge in [-0.3, -0.25) is 0 Å². The number of benzene rings is 1. The number of rotatable bonds is 2. The summed E-state index contributed by atoms with van der Waals surface area (Å²) in [5.41, 5.74) is 6.50. The smallest absolute Gasteiger partial charge is 0.141 e. The van der Waals surface area contributed by atoms with Gasteiger partial charge in [0.2, 0.25) is 0 Å². The van der Waals surface area contributed by atoms with Gasteiger partial charge in [-0.1, -0.05) is 30.4 Å². The first-order chi connectivity index (χ1) is 8.61. The molecule has 0 saturated carbocycles. The van der Waals surface area contributed by atoms with Crippen LogP contribution in [-0.4, -0.2) is 15.1 Å². The van der Waals surface area contributed by atoms with Crippen LogP contribution in [0.3, 0.4) is 0 Å². The number of fused-ring (bicyclic) bond motifs is 1. The first-order valence-corrected chi connectivity index (χ1v) is 5.53. The van der Waals surface area contributed by atoms with E-state index >= 15 is 0 Å². The normalized spacial score (nSPS) is 11.2. The van der Waals surface area contributed by atoms with E-state index in [0.29, 0.717) is 0 Å². The zero-order valence-electron chi connectivity index (χ0n) is 9.29. The second kappa shape index (κ2) is 4.82. The SMILES string of the molecule is N#C/C(=C/c1nc2ccccc2cc1O)C(N)=S. The van der Waals surface area contributed by atoms with Gasteiger partial charge in [-0.05, 0) is 18.2 Å². The molecular formula is C13H9N3OS. The van der Waals surface area contributed by atoms with Crippen molar-refractivity contribution in [3.63, 3.8) is 0 Å². The van der Waals surface area contributed by atoms with Crippen LogP contribution < -0.4 is 5.73 Å². The van der Waals surface area contributed by atoms with Crippen LogP contribution in [0.4, 0.5) is 0 Å². The molecule has 0 aliphatic carbocycles. The Bertz CT molecular complexity index is 701. The minimum Gasteiger partial charge on any atom is -0.506 e. The fraction of sp³-hybridized carbons (Fsp3) is 0. The highest BCUT2D eigenvalue weighted by atomic mass is 32.1. The second-order valence-electron chi connectivity index (χ2n) is 3.62. The van der Waals surface area contributed by atoms with Crippen LogP contribution in [0.1, 0.15) is 5.69 Å². The molecule has 0 spiro atoms. The van der Waals surface area contributed by atoms with E-state index in [1.165, 1.54) is 6.08 Å². The maximum atomic E-state index is 9.83. The summed E-state index contributed by atoms with van der Waals surface area (Å²) in [6.07, 6.45) is 1.38. The zero-order valence-corrected chi connectivity index (χ0v) is 10.1. The molecule has 0 unspecified atom stereocenters. The minimum atomic E-state index is -0.0214. The van der Waals surface area contributed by atoms with Gasteiger partial charge in [0.15, 0.2) is 0 Å². The minimum absolute atomic E-state index is 0.0160. The molecule has 0 bridgehead atoms. The number of aromatic nitrogens is 1. The molecule has 5 heteroatoms. The summed E-state index contributed by atoms with van der Waals surface area (Å²) in [5.74, 6) is -0.0160. The molecule has 0 aliphatic rings. The maximum absolute atomic E-state index is 9.83. The fourth-order valence-electron chi connectivity index (χ4n) is 1.52. The molecule has 0 atom stereocenters. The first-order valence-electron chi connectivity index (χ1n) is 5.12. The summed E-state index contributed by atoms with van der Waals surface area (Å²) in [6, 6.07) is 10.8. The van der Waals surface area contributed by atoms with E-state index in [0.717, 1.165) is 10.9 Å². The number of nitrogens with zero attached hydrogens (tertiary/aromatic N) is 2. The molecule has 4 nitrogen and oxygen atoms in total. The third-order valence-corrected chi connectivity index (χ3v) is 2.62. The second-order valence-corrected chi connectivity index (χ2v) is 4.06. The van der Waals surface area contributed by atoms with Gasteiger partial charge in [-0.2, -0.15) is 5.26 Å². The van der Waals surface area contributed by atoms with Gasteiger partial charge < -0.3 is 10.8 Å². The lowest BCUT2D eigenvalue weighted by Gasteiger charge is -2.03. The molecule has 0 aliphatic heterocycles. The Morgan fingerprint density at radius 1 is 1.44 bits per heavy atom. The van der Waals surface area contributed by atoms with Crippen LogP contribution in [0, 0.1) is 11.3 Å². The number of para-hydroxylation sites is 1. The summed E-state index contributed by atoms with van der Waals surface area (Å²) in [4.78, 5) is 4.23. The number of aromatic hydroxyl groups is 1. The third-order valence-electron chi connectivity index (χ3n) is 2.40. The van der Waals surface area contributed by atoms with Crippen molar-refractivity contribution in [2.75, 3.05) is 0 Å². The molecule has 0 amide bonds. The molecule has 1 heterocycles. The Morgan fingerprint density at radius 3 is 2.83 bits per heavy atom. The van der Waals surface area contributed by atoms with Crippen molar-refractivity contribution in [1.29, 1.82) is 5.26 Å². The summed E-state index contributed by atoms with van der Waals surface area (Å²) >= 11 is 4.73. The lowest BCUT2D eigenvalue weighted by atomic mass is 10.1. The lowest BCUT2D eigenvalue weighted by molar-refractivity contribution is 0.472. The Balaban J connectivity index is 2.62. The average molecular weight is 255 g/mol. The van der Waals surface area contributed by atoms with Gasteiger partial charge in [-0.15, -0.1) is 0 Å². The van der Waals surface area contributed by atoms with Gasteiger partial charge in [-0.25, -0.2) is 4.98 Å². The Morgan fingerprint density at radius 2 is 2.17 bits per heavy atom. The molecule has 1 aromatic heterocycles. The molecule has 18 heavy (non-hydrogen) atoms. The highest BCUT2D eigenvalue weighted by molar-refractivity contribution is 7.80. The zero-order chi connectivity index (χ0) is 13.1. The van der Waals surface area contributed by atoms with Crippen molar-refractivity contribution >= 4 is 34.2 Å². The summed E-state index contributed by atoms with van der Waals surface area (Å²) in [7, 11) is 0.